The summed E-state index contributed by atoms with van der Waals surface area (Å²) in [5.74, 6) is 0.290. The molecule has 0 heterocycles. The predicted octanol–water partition coefficient (Wildman–Crippen LogP) is 3.10. The lowest BCUT2D eigenvalue weighted by atomic mass is 10.3. The molecule has 0 aromatic carbocycles. The van der Waals surface area contributed by atoms with E-state index in [9.17, 15) is 8.42 Å². The maximum atomic E-state index is 11.5. The molecule has 0 fully saturated rings. The lowest BCUT2D eigenvalue weighted by Crippen LogP contribution is -2.33. The minimum absolute atomic E-state index is 0.133. The molecule has 0 aromatic heterocycles. The maximum Gasteiger partial charge on any atom is 0.259 e. The van der Waals surface area contributed by atoms with Crippen molar-refractivity contribution >= 4 is 18.4 Å². The van der Waals surface area contributed by atoms with Gasteiger partial charge < -0.3 is 9.05 Å². The minimum Gasteiger partial charge on any atom is -0.322 e. The summed E-state index contributed by atoms with van der Waals surface area (Å²) in [6.45, 7) is 10.6. The first-order valence-corrected chi connectivity index (χ1v) is 10.6. The van der Waals surface area contributed by atoms with Gasteiger partial charge in [-0.3, -0.25) is 0 Å². The lowest BCUT2D eigenvalue weighted by molar-refractivity contribution is 0.176. The van der Waals surface area contributed by atoms with E-state index in [2.05, 4.69) is 32.4 Å². The number of sulfone groups is 1. The molecule has 0 saturated carbocycles. The first-order valence-electron chi connectivity index (χ1n) is 7.66. The fourth-order valence-corrected chi connectivity index (χ4v) is 4.35. The summed E-state index contributed by atoms with van der Waals surface area (Å²) in [4.78, 5) is 0. The summed E-state index contributed by atoms with van der Waals surface area (Å²) in [7, 11) is -4.24. The topological polar surface area (TPSA) is 79.6 Å². The SMILES string of the molecule is CCS(=O)(=O)CCCOP(OCCC#N)N(C(C)C)C(C)C. The molecule has 1 unspecified atom stereocenters. The Labute approximate surface area is 136 Å². The number of hydrogen-bond acceptors (Lipinski definition) is 6. The summed E-state index contributed by atoms with van der Waals surface area (Å²) in [5.41, 5.74) is 0. The first-order chi connectivity index (χ1) is 10.2. The Hall–Kier alpha value is -0.250. The van der Waals surface area contributed by atoms with Gasteiger partial charge in [0.15, 0.2) is 0 Å². The fraction of sp³-hybridized carbons (Fsp3) is 0.929. The Bertz CT molecular complexity index is 427. The normalized spacial score (nSPS) is 13.8. The molecule has 0 saturated heterocycles. The minimum atomic E-state index is -2.96. The van der Waals surface area contributed by atoms with E-state index in [-0.39, 0.29) is 23.6 Å². The molecule has 0 radical (unpaired) electrons. The zero-order valence-electron chi connectivity index (χ0n) is 14.3. The van der Waals surface area contributed by atoms with Crippen molar-refractivity contribution in [3.63, 3.8) is 0 Å². The van der Waals surface area contributed by atoms with E-state index in [1.807, 2.05) is 6.07 Å². The van der Waals surface area contributed by atoms with Crippen molar-refractivity contribution in [1.82, 2.24) is 4.67 Å². The number of nitrogens with zero attached hydrogens (tertiary/aromatic N) is 2. The number of hydrogen-bond donors (Lipinski definition) is 0. The molecule has 0 aromatic rings. The molecule has 0 amide bonds. The largest absolute Gasteiger partial charge is 0.322 e. The van der Waals surface area contributed by atoms with Gasteiger partial charge in [-0.2, -0.15) is 5.26 Å². The quantitative estimate of drug-likeness (QED) is 0.397. The summed E-state index contributed by atoms with van der Waals surface area (Å²) < 4.78 is 36.6. The number of rotatable bonds is 12. The highest BCUT2D eigenvalue weighted by Crippen LogP contribution is 2.45. The van der Waals surface area contributed by atoms with Crippen LogP contribution in [0.3, 0.4) is 0 Å². The second-order valence-corrected chi connectivity index (χ2v) is 9.40. The summed E-state index contributed by atoms with van der Waals surface area (Å²) >= 11 is 0. The first kappa shape index (κ1) is 21.8. The van der Waals surface area contributed by atoms with Crippen LogP contribution in [0.5, 0.6) is 0 Å². The van der Waals surface area contributed by atoms with Gasteiger partial charge in [0.25, 0.3) is 8.53 Å². The van der Waals surface area contributed by atoms with Gasteiger partial charge in [-0.1, -0.05) is 6.92 Å². The molecule has 0 aliphatic rings. The van der Waals surface area contributed by atoms with E-state index < -0.39 is 18.4 Å². The van der Waals surface area contributed by atoms with E-state index in [4.69, 9.17) is 14.3 Å². The van der Waals surface area contributed by atoms with Crippen LogP contribution >= 0.6 is 8.53 Å². The maximum absolute atomic E-state index is 11.5. The third-order valence-corrected chi connectivity index (χ3v) is 6.80. The second kappa shape index (κ2) is 11.3. The van der Waals surface area contributed by atoms with E-state index in [1.165, 1.54) is 0 Å². The molecule has 1 atom stereocenters. The molecule has 0 rings (SSSR count). The molecule has 6 nitrogen and oxygen atoms in total. The molecule has 130 valence electrons. The molecule has 0 N–H and O–H groups in total. The third-order valence-electron chi connectivity index (χ3n) is 2.90. The van der Waals surface area contributed by atoms with Crippen LogP contribution in [0.1, 0.15) is 47.5 Å². The average molecular weight is 352 g/mol. The van der Waals surface area contributed by atoms with Crippen LogP contribution in [0, 0.1) is 11.3 Å². The molecule has 8 heteroatoms. The summed E-state index contributed by atoms with van der Waals surface area (Å²) in [6, 6.07) is 2.53. The van der Waals surface area contributed by atoms with Crippen LogP contribution in [-0.2, 0) is 18.9 Å². The number of nitriles is 1. The van der Waals surface area contributed by atoms with E-state index in [1.54, 1.807) is 6.92 Å². The van der Waals surface area contributed by atoms with Gasteiger partial charge in [0.1, 0.15) is 9.84 Å². The lowest BCUT2D eigenvalue weighted by Gasteiger charge is -2.35. The van der Waals surface area contributed by atoms with Crippen molar-refractivity contribution in [3.05, 3.63) is 0 Å². The van der Waals surface area contributed by atoms with Gasteiger partial charge in [0.2, 0.25) is 0 Å². The molecule has 22 heavy (non-hydrogen) atoms. The molecular formula is C14H29N2O4PS. The Morgan fingerprint density at radius 1 is 1.14 bits per heavy atom. The predicted molar refractivity (Wildman–Crippen MR) is 90.1 cm³/mol. The van der Waals surface area contributed by atoms with Gasteiger partial charge in [0, 0.05) is 17.8 Å². The monoisotopic (exact) mass is 352 g/mol. The average Bonchev–Trinajstić information content (AvgIpc) is 2.42. The van der Waals surface area contributed by atoms with Crippen molar-refractivity contribution in [3.8, 4) is 6.07 Å². The van der Waals surface area contributed by atoms with Crippen molar-refractivity contribution in [2.45, 2.75) is 59.5 Å². The summed E-state index contributed by atoms with van der Waals surface area (Å²) in [5, 5.41) is 8.62. The molecule has 0 spiro atoms. The second-order valence-electron chi connectivity index (χ2n) is 5.47. The van der Waals surface area contributed by atoms with Crippen molar-refractivity contribution in [2.24, 2.45) is 0 Å². The van der Waals surface area contributed by atoms with Crippen LogP contribution in [0.15, 0.2) is 0 Å². The van der Waals surface area contributed by atoms with Gasteiger partial charge in [-0.05, 0) is 34.1 Å². The highest BCUT2D eigenvalue weighted by Gasteiger charge is 2.27. The fourth-order valence-electron chi connectivity index (χ4n) is 1.88. The van der Waals surface area contributed by atoms with E-state index >= 15 is 0 Å². The third kappa shape index (κ3) is 9.02. The van der Waals surface area contributed by atoms with Crippen LogP contribution < -0.4 is 0 Å². The molecular weight excluding hydrogens is 323 g/mol. The van der Waals surface area contributed by atoms with Crippen molar-refractivity contribution < 1.29 is 17.5 Å². The van der Waals surface area contributed by atoms with Crippen LogP contribution in [0.4, 0.5) is 0 Å². The Morgan fingerprint density at radius 2 is 1.68 bits per heavy atom. The Kier molecular flexibility index (Phi) is 11.2. The molecule has 0 bridgehead atoms. The molecule has 0 aliphatic carbocycles. The van der Waals surface area contributed by atoms with E-state index in [0.717, 1.165) is 0 Å². The smallest absolute Gasteiger partial charge is 0.259 e. The van der Waals surface area contributed by atoms with Crippen molar-refractivity contribution in [2.75, 3.05) is 24.7 Å². The summed E-state index contributed by atoms with van der Waals surface area (Å²) in [6.07, 6.45) is 0.775. The van der Waals surface area contributed by atoms with Crippen molar-refractivity contribution in [1.29, 1.82) is 5.26 Å². The Morgan fingerprint density at radius 3 is 2.14 bits per heavy atom. The van der Waals surface area contributed by atoms with Crippen LogP contribution in [0.2, 0.25) is 0 Å². The standard InChI is InChI=1S/C14H29N2O4PS/c1-6-22(17,18)12-8-11-20-21(19-10-7-9-15)16(13(2)3)14(4)5/h13-14H,6-8,10-12H2,1-5H3. The zero-order valence-corrected chi connectivity index (χ0v) is 16.0. The highest BCUT2D eigenvalue weighted by molar-refractivity contribution is 7.91. The van der Waals surface area contributed by atoms with Gasteiger partial charge >= 0.3 is 0 Å². The van der Waals surface area contributed by atoms with Gasteiger partial charge in [0.05, 0.1) is 31.5 Å². The molecule has 0 aliphatic heterocycles. The Balaban J connectivity index is 4.56. The zero-order chi connectivity index (χ0) is 17.2. The van der Waals surface area contributed by atoms with Gasteiger partial charge in [-0.25, -0.2) is 13.1 Å². The van der Waals surface area contributed by atoms with E-state index in [0.29, 0.717) is 26.1 Å². The van der Waals surface area contributed by atoms with Gasteiger partial charge in [-0.15, -0.1) is 0 Å². The van der Waals surface area contributed by atoms with Crippen LogP contribution in [0.25, 0.3) is 0 Å². The highest BCUT2D eigenvalue weighted by atomic mass is 32.2. The van der Waals surface area contributed by atoms with Crippen LogP contribution in [-0.4, -0.2) is 49.9 Å².